The Morgan fingerprint density at radius 2 is 2.12 bits per heavy atom. The van der Waals surface area contributed by atoms with Gasteiger partial charge in [-0.2, -0.15) is 0 Å². The maximum atomic E-state index is 12.4. The molecule has 6 heteroatoms. The third-order valence-electron chi connectivity index (χ3n) is 5.10. The highest BCUT2D eigenvalue weighted by molar-refractivity contribution is 5.88. The first kappa shape index (κ1) is 18.8. The standard InChI is InChI=1S/C20H30N4O2/c1-15(2)12-19(25)24-9-7-17-18(8-10-24)21-14-22-20(17)23(3)13-16-6-4-5-11-26-16/h12,14,16H,4-11,13H2,1-3H3/t16-/m1/s1. The van der Waals surface area contributed by atoms with Crippen LogP contribution in [0.25, 0.3) is 0 Å². The van der Waals surface area contributed by atoms with Crippen molar-refractivity contribution in [1.82, 2.24) is 14.9 Å². The number of ether oxygens (including phenoxy) is 1. The Morgan fingerprint density at radius 1 is 1.31 bits per heavy atom. The van der Waals surface area contributed by atoms with Gasteiger partial charge in [0.1, 0.15) is 12.1 Å². The van der Waals surface area contributed by atoms with E-state index in [9.17, 15) is 4.79 Å². The molecule has 0 aliphatic carbocycles. The second-order valence-electron chi connectivity index (χ2n) is 7.54. The Kier molecular flexibility index (Phi) is 6.25. The predicted molar refractivity (Wildman–Crippen MR) is 102 cm³/mol. The molecule has 1 atom stereocenters. The van der Waals surface area contributed by atoms with Gasteiger partial charge in [-0.15, -0.1) is 0 Å². The number of nitrogens with zero attached hydrogens (tertiary/aromatic N) is 4. The molecule has 0 aromatic carbocycles. The van der Waals surface area contributed by atoms with Gasteiger partial charge in [0.25, 0.3) is 0 Å². The van der Waals surface area contributed by atoms with Crippen molar-refractivity contribution < 1.29 is 9.53 Å². The molecule has 6 nitrogen and oxygen atoms in total. The molecule has 0 spiro atoms. The van der Waals surface area contributed by atoms with E-state index in [0.29, 0.717) is 13.1 Å². The van der Waals surface area contributed by atoms with E-state index in [-0.39, 0.29) is 12.0 Å². The summed E-state index contributed by atoms with van der Waals surface area (Å²) in [6, 6.07) is 0. The normalized spacial score (nSPS) is 20.1. The summed E-state index contributed by atoms with van der Waals surface area (Å²) in [4.78, 5) is 25.6. The lowest BCUT2D eigenvalue weighted by atomic mass is 10.1. The van der Waals surface area contributed by atoms with Crippen LogP contribution < -0.4 is 4.90 Å². The fourth-order valence-electron chi connectivity index (χ4n) is 3.74. The summed E-state index contributed by atoms with van der Waals surface area (Å²) in [5, 5.41) is 0. The molecule has 142 valence electrons. The quantitative estimate of drug-likeness (QED) is 0.774. The highest BCUT2D eigenvalue weighted by atomic mass is 16.5. The predicted octanol–water partition coefficient (Wildman–Crippen LogP) is 2.38. The Morgan fingerprint density at radius 3 is 2.85 bits per heavy atom. The summed E-state index contributed by atoms with van der Waals surface area (Å²) in [7, 11) is 2.08. The molecule has 1 aromatic rings. The Bertz CT molecular complexity index is 664. The lowest BCUT2D eigenvalue weighted by molar-refractivity contribution is -0.126. The fourth-order valence-corrected chi connectivity index (χ4v) is 3.74. The van der Waals surface area contributed by atoms with Crippen LogP contribution >= 0.6 is 0 Å². The van der Waals surface area contributed by atoms with Gasteiger partial charge in [0.2, 0.25) is 5.91 Å². The minimum atomic E-state index is 0.0938. The van der Waals surface area contributed by atoms with Gasteiger partial charge in [-0.25, -0.2) is 9.97 Å². The summed E-state index contributed by atoms with van der Waals surface area (Å²) in [6.07, 6.45) is 8.74. The molecule has 1 amide bonds. The number of amides is 1. The first-order valence-electron chi connectivity index (χ1n) is 9.64. The van der Waals surface area contributed by atoms with Crippen molar-refractivity contribution in [1.29, 1.82) is 0 Å². The van der Waals surface area contributed by atoms with E-state index < -0.39 is 0 Å². The molecule has 0 radical (unpaired) electrons. The maximum absolute atomic E-state index is 12.4. The largest absolute Gasteiger partial charge is 0.376 e. The van der Waals surface area contributed by atoms with Gasteiger partial charge in [-0.05, 0) is 39.5 Å². The summed E-state index contributed by atoms with van der Waals surface area (Å²) >= 11 is 0. The number of hydrogen-bond donors (Lipinski definition) is 0. The second-order valence-corrected chi connectivity index (χ2v) is 7.54. The number of likely N-dealkylation sites (N-methyl/N-ethyl adjacent to an activating group) is 1. The Hall–Kier alpha value is -1.95. The zero-order valence-corrected chi connectivity index (χ0v) is 16.2. The van der Waals surface area contributed by atoms with Gasteiger partial charge >= 0.3 is 0 Å². The molecular formula is C20H30N4O2. The van der Waals surface area contributed by atoms with Gasteiger partial charge in [-0.1, -0.05) is 5.57 Å². The maximum Gasteiger partial charge on any atom is 0.246 e. The number of allylic oxidation sites excluding steroid dienone is 1. The fraction of sp³-hybridized carbons (Fsp3) is 0.650. The number of anilines is 1. The summed E-state index contributed by atoms with van der Waals surface area (Å²) in [5.74, 6) is 1.08. The molecule has 1 aromatic heterocycles. The molecule has 2 aliphatic rings. The van der Waals surface area contributed by atoms with Crippen molar-refractivity contribution in [3.05, 3.63) is 29.2 Å². The molecule has 2 aliphatic heterocycles. The molecule has 26 heavy (non-hydrogen) atoms. The van der Waals surface area contributed by atoms with Crippen molar-refractivity contribution in [3.63, 3.8) is 0 Å². The van der Waals surface area contributed by atoms with E-state index >= 15 is 0 Å². The number of carbonyl (C=O) groups is 1. The lowest BCUT2D eigenvalue weighted by Gasteiger charge is -2.29. The average Bonchev–Trinajstić information content (AvgIpc) is 2.84. The number of carbonyl (C=O) groups excluding carboxylic acids is 1. The minimum absolute atomic E-state index is 0.0938. The molecule has 3 rings (SSSR count). The third kappa shape index (κ3) is 4.61. The highest BCUT2D eigenvalue weighted by Gasteiger charge is 2.24. The molecule has 1 saturated heterocycles. The Labute approximate surface area is 156 Å². The van der Waals surface area contributed by atoms with Crippen LogP contribution in [-0.4, -0.2) is 60.2 Å². The summed E-state index contributed by atoms with van der Waals surface area (Å²) in [6.45, 7) is 7.05. The number of fused-ring (bicyclic) bond motifs is 1. The van der Waals surface area contributed by atoms with Gasteiger partial charge in [0.05, 0.1) is 11.8 Å². The van der Waals surface area contributed by atoms with Gasteiger partial charge in [0.15, 0.2) is 0 Å². The molecule has 0 bridgehead atoms. The van der Waals surface area contributed by atoms with Gasteiger partial charge in [0, 0.05) is 51.3 Å². The first-order valence-corrected chi connectivity index (χ1v) is 9.64. The zero-order chi connectivity index (χ0) is 18.5. The topological polar surface area (TPSA) is 58.6 Å². The molecule has 0 N–H and O–H groups in total. The minimum Gasteiger partial charge on any atom is -0.376 e. The zero-order valence-electron chi connectivity index (χ0n) is 16.2. The third-order valence-corrected chi connectivity index (χ3v) is 5.10. The number of rotatable bonds is 4. The smallest absolute Gasteiger partial charge is 0.246 e. The highest BCUT2D eigenvalue weighted by Crippen LogP contribution is 2.24. The molecular weight excluding hydrogens is 328 g/mol. The van der Waals surface area contributed by atoms with Gasteiger partial charge < -0.3 is 14.5 Å². The van der Waals surface area contributed by atoms with Crippen LogP contribution in [-0.2, 0) is 22.4 Å². The van der Waals surface area contributed by atoms with Crippen molar-refractivity contribution in [2.45, 2.75) is 52.1 Å². The molecule has 0 saturated carbocycles. The molecule has 0 unspecified atom stereocenters. The van der Waals surface area contributed by atoms with Crippen molar-refractivity contribution in [2.24, 2.45) is 0 Å². The van der Waals surface area contributed by atoms with Crippen LogP contribution in [0.5, 0.6) is 0 Å². The van der Waals surface area contributed by atoms with E-state index in [0.717, 1.165) is 49.5 Å². The van der Waals surface area contributed by atoms with Crippen molar-refractivity contribution in [3.8, 4) is 0 Å². The monoisotopic (exact) mass is 358 g/mol. The van der Waals surface area contributed by atoms with Crippen LogP contribution in [0.15, 0.2) is 18.0 Å². The molecule has 1 fully saturated rings. The van der Waals surface area contributed by atoms with E-state index in [2.05, 4.69) is 21.9 Å². The second kappa shape index (κ2) is 8.62. The SMILES string of the molecule is CC(C)=CC(=O)N1CCc2ncnc(N(C)C[C@H]3CCCCO3)c2CC1. The lowest BCUT2D eigenvalue weighted by Crippen LogP contribution is -2.34. The van der Waals surface area contributed by atoms with Crippen LogP contribution in [0.1, 0.15) is 44.4 Å². The van der Waals surface area contributed by atoms with Crippen molar-refractivity contribution >= 4 is 11.7 Å². The van der Waals surface area contributed by atoms with E-state index in [1.165, 1.54) is 18.4 Å². The Balaban J connectivity index is 1.72. The van der Waals surface area contributed by atoms with Crippen LogP contribution in [0.2, 0.25) is 0 Å². The average molecular weight is 358 g/mol. The van der Waals surface area contributed by atoms with Crippen LogP contribution in [0.3, 0.4) is 0 Å². The van der Waals surface area contributed by atoms with Crippen LogP contribution in [0.4, 0.5) is 5.82 Å². The first-order chi connectivity index (χ1) is 12.5. The van der Waals surface area contributed by atoms with Crippen molar-refractivity contribution in [2.75, 3.05) is 38.2 Å². The number of aromatic nitrogens is 2. The summed E-state index contributed by atoms with van der Waals surface area (Å²) < 4.78 is 5.88. The van der Waals surface area contributed by atoms with Gasteiger partial charge in [-0.3, -0.25) is 4.79 Å². The van der Waals surface area contributed by atoms with Crippen LogP contribution in [0, 0.1) is 0 Å². The summed E-state index contributed by atoms with van der Waals surface area (Å²) in [5.41, 5.74) is 3.28. The number of hydrogen-bond acceptors (Lipinski definition) is 5. The van der Waals surface area contributed by atoms with E-state index in [1.54, 1.807) is 12.4 Å². The van der Waals surface area contributed by atoms with E-state index in [4.69, 9.17) is 4.74 Å². The molecule has 3 heterocycles. The van der Waals surface area contributed by atoms with E-state index in [1.807, 2.05) is 18.7 Å².